The summed E-state index contributed by atoms with van der Waals surface area (Å²) in [6.07, 6.45) is 0.900. The van der Waals surface area contributed by atoms with Crippen LogP contribution in [0.4, 0.5) is 0 Å². The van der Waals surface area contributed by atoms with Crippen molar-refractivity contribution in [1.82, 2.24) is 0 Å². The predicted octanol–water partition coefficient (Wildman–Crippen LogP) is 3.01. The summed E-state index contributed by atoms with van der Waals surface area (Å²) < 4.78 is 5.91. The van der Waals surface area contributed by atoms with Gasteiger partial charge in [-0.2, -0.15) is 0 Å². The highest BCUT2D eigenvalue weighted by Gasteiger charge is 2.30. The van der Waals surface area contributed by atoms with Gasteiger partial charge in [-0.3, -0.25) is 9.59 Å². The Morgan fingerprint density at radius 1 is 1.05 bits per heavy atom. The van der Waals surface area contributed by atoms with Gasteiger partial charge in [0.2, 0.25) is 0 Å². The highest BCUT2D eigenvalue weighted by atomic mass is 16.5. The van der Waals surface area contributed by atoms with Gasteiger partial charge in [0, 0.05) is 18.8 Å². The van der Waals surface area contributed by atoms with Gasteiger partial charge >= 0.3 is 0 Å². The smallest absolute Gasteiger partial charge is 0.140 e. The van der Waals surface area contributed by atoms with Crippen LogP contribution in [0.5, 0.6) is 5.75 Å². The monoisotopic (exact) mass is 260 g/mol. The van der Waals surface area contributed by atoms with Gasteiger partial charge in [0.05, 0.1) is 12.5 Å². The van der Waals surface area contributed by atoms with E-state index >= 15 is 0 Å². The van der Waals surface area contributed by atoms with Crippen molar-refractivity contribution >= 4 is 11.6 Å². The van der Waals surface area contributed by atoms with E-state index in [-0.39, 0.29) is 30.0 Å². The van der Waals surface area contributed by atoms with Crippen molar-refractivity contribution in [3.63, 3.8) is 0 Å². The minimum atomic E-state index is -0.116. The van der Waals surface area contributed by atoms with Gasteiger partial charge in [0.15, 0.2) is 0 Å². The Kier molecular flexibility index (Phi) is 4.03. The highest BCUT2D eigenvalue weighted by molar-refractivity contribution is 6.01. The molecule has 0 spiro atoms. The third-order valence-corrected chi connectivity index (χ3v) is 3.56. The third-order valence-electron chi connectivity index (χ3n) is 3.56. The van der Waals surface area contributed by atoms with Crippen molar-refractivity contribution in [1.29, 1.82) is 0 Å². The van der Waals surface area contributed by atoms with Crippen molar-refractivity contribution in [2.75, 3.05) is 0 Å². The molecule has 0 aliphatic heterocycles. The van der Waals surface area contributed by atoms with E-state index in [2.05, 4.69) is 6.07 Å². The Labute approximate surface area is 114 Å². The molecule has 0 saturated heterocycles. The lowest BCUT2D eigenvalue weighted by Crippen LogP contribution is -2.32. The summed E-state index contributed by atoms with van der Waals surface area (Å²) in [7, 11) is 0. The normalized spacial score (nSPS) is 18.5. The highest BCUT2D eigenvalue weighted by Crippen LogP contribution is 2.26. The number of hydrogen-bond donors (Lipinski definition) is 0. The lowest BCUT2D eigenvalue weighted by Gasteiger charge is -2.27. The van der Waals surface area contributed by atoms with Crippen LogP contribution in [0.25, 0.3) is 0 Å². The fourth-order valence-electron chi connectivity index (χ4n) is 2.67. The van der Waals surface area contributed by atoms with Gasteiger partial charge in [-0.1, -0.05) is 6.07 Å². The molecule has 0 heterocycles. The summed E-state index contributed by atoms with van der Waals surface area (Å²) in [5.74, 6) is 0.902. The van der Waals surface area contributed by atoms with Gasteiger partial charge in [0.25, 0.3) is 0 Å². The van der Waals surface area contributed by atoms with E-state index in [0.29, 0.717) is 12.8 Å². The fraction of sp³-hybridized carbons (Fsp3) is 0.500. The van der Waals surface area contributed by atoms with Crippen LogP contribution in [0.2, 0.25) is 0 Å². The molecule has 0 radical (unpaired) electrons. The van der Waals surface area contributed by atoms with E-state index in [4.69, 9.17) is 4.74 Å². The maximum absolute atomic E-state index is 11.5. The molecule has 1 aliphatic carbocycles. The van der Waals surface area contributed by atoms with E-state index < -0.39 is 0 Å². The number of hydrogen-bond acceptors (Lipinski definition) is 3. The SMILES string of the molecule is Cc1cc(C)cc(O[C@@H](C)C2CC(=O)CC(=O)C2)c1. The lowest BCUT2D eigenvalue weighted by molar-refractivity contribution is -0.132. The molecule has 0 N–H and O–H groups in total. The second-order valence-corrected chi connectivity index (χ2v) is 5.57. The largest absolute Gasteiger partial charge is 0.490 e. The number of ketones is 2. The first-order valence-electron chi connectivity index (χ1n) is 6.72. The minimum Gasteiger partial charge on any atom is -0.490 e. The van der Waals surface area contributed by atoms with Gasteiger partial charge in [-0.15, -0.1) is 0 Å². The van der Waals surface area contributed by atoms with Gasteiger partial charge in [-0.25, -0.2) is 0 Å². The van der Waals surface area contributed by atoms with Crippen molar-refractivity contribution in [3.05, 3.63) is 29.3 Å². The zero-order valence-corrected chi connectivity index (χ0v) is 11.7. The summed E-state index contributed by atoms with van der Waals surface area (Å²) in [6, 6.07) is 6.05. The second kappa shape index (κ2) is 5.55. The molecule has 3 nitrogen and oxygen atoms in total. The molecule has 0 bridgehead atoms. The van der Waals surface area contributed by atoms with E-state index in [1.54, 1.807) is 0 Å². The Balaban J connectivity index is 2.05. The van der Waals surface area contributed by atoms with Crippen LogP contribution in [-0.4, -0.2) is 17.7 Å². The molecule has 1 aromatic rings. The number of benzene rings is 1. The molecule has 1 aromatic carbocycles. The van der Waals surface area contributed by atoms with Crippen molar-refractivity contribution in [2.45, 2.75) is 46.1 Å². The molecule has 1 atom stereocenters. The Bertz CT molecular complexity index is 468. The lowest BCUT2D eigenvalue weighted by atomic mass is 9.84. The van der Waals surface area contributed by atoms with E-state index in [1.807, 2.05) is 32.9 Å². The van der Waals surface area contributed by atoms with Crippen molar-refractivity contribution in [2.24, 2.45) is 5.92 Å². The number of ether oxygens (including phenoxy) is 1. The van der Waals surface area contributed by atoms with Crippen LogP contribution < -0.4 is 4.74 Å². The van der Waals surface area contributed by atoms with Crippen LogP contribution in [-0.2, 0) is 9.59 Å². The number of carbonyl (C=O) groups excluding carboxylic acids is 2. The van der Waals surface area contributed by atoms with Crippen LogP contribution in [0.1, 0.15) is 37.3 Å². The summed E-state index contributed by atoms with van der Waals surface area (Å²) >= 11 is 0. The van der Waals surface area contributed by atoms with Crippen LogP contribution in [0.3, 0.4) is 0 Å². The average Bonchev–Trinajstić information content (AvgIpc) is 2.25. The molecular formula is C16H20O3. The molecule has 0 aromatic heterocycles. The summed E-state index contributed by atoms with van der Waals surface area (Å²) in [6.45, 7) is 5.99. The molecular weight excluding hydrogens is 240 g/mol. The van der Waals surface area contributed by atoms with Crippen molar-refractivity contribution < 1.29 is 14.3 Å². The van der Waals surface area contributed by atoms with Crippen LogP contribution in [0.15, 0.2) is 18.2 Å². The maximum Gasteiger partial charge on any atom is 0.140 e. The number of carbonyl (C=O) groups is 2. The number of aryl methyl sites for hydroxylation is 2. The minimum absolute atomic E-state index is 0.00886. The molecule has 1 saturated carbocycles. The van der Waals surface area contributed by atoms with Gasteiger partial charge in [-0.05, 0) is 44.0 Å². The zero-order valence-electron chi connectivity index (χ0n) is 11.7. The fourth-order valence-corrected chi connectivity index (χ4v) is 2.67. The Hall–Kier alpha value is -1.64. The number of Topliss-reactive ketones (excluding diaryl/α,β-unsaturated/α-hetero) is 2. The molecule has 2 rings (SSSR count). The number of rotatable bonds is 3. The molecule has 1 aliphatic rings. The Morgan fingerprint density at radius 3 is 2.11 bits per heavy atom. The molecule has 0 unspecified atom stereocenters. The molecule has 19 heavy (non-hydrogen) atoms. The second-order valence-electron chi connectivity index (χ2n) is 5.57. The Morgan fingerprint density at radius 2 is 1.58 bits per heavy atom. The van der Waals surface area contributed by atoms with E-state index in [1.165, 1.54) is 0 Å². The molecule has 0 amide bonds. The van der Waals surface area contributed by atoms with Gasteiger partial charge in [0.1, 0.15) is 17.3 Å². The molecule has 3 heteroatoms. The quantitative estimate of drug-likeness (QED) is 0.785. The summed E-state index contributed by atoms with van der Waals surface area (Å²) in [5.41, 5.74) is 2.30. The standard InChI is InChI=1S/C16H20O3/c1-10-4-11(2)6-16(5-10)19-12(3)13-7-14(17)9-15(18)8-13/h4-6,12-13H,7-9H2,1-3H3/t12-/m0/s1. The third kappa shape index (κ3) is 3.66. The van der Waals surface area contributed by atoms with Gasteiger partial charge < -0.3 is 4.74 Å². The van der Waals surface area contributed by atoms with E-state index in [9.17, 15) is 9.59 Å². The summed E-state index contributed by atoms with van der Waals surface area (Å²) in [5, 5.41) is 0. The first-order valence-corrected chi connectivity index (χ1v) is 6.72. The van der Waals surface area contributed by atoms with Crippen LogP contribution in [0, 0.1) is 19.8 Å². The zero-order chi connectivity index (χ0) is 14.0. The predicted molar refractivity (Wildman–Crippen MR) is 73.4 cm³/mol. The van der Waals surface area contributed by atoms with E-state index in [0.717, 1.165) is 16.9 Å². The van der Waals surface area contributed by atoms with Crippen LogP contribution >= 0.6 is 0 Å². The topological polar surface area (TPSA) is 43.4 Å². The van der Waals surface area contributed by atoms with Crippen molar-refractivity contribution in [3.8, 4) is 5.75 Å². The first-order chi connectivity index (χ1) is 8.94. The molecule has 102 valence electrons. The average molecular weight is 260 g/mol. The first kappa shape index (κ1) is 13.8. The summed E-state index contributed by atoms with van der Waals surface area (Å²) in [4.78, 5) is 22.9. The molecule has 1 fully saturated rings. The maximum atomic E-state index is 11.5.